The molecular weight excluding hydrogens is 350 g/mol. The molecule has 132 valence electrons. The van der Waals surface area contributed by atoms with Crippen LogP contribution in [0.1, 0.15) is 0 Å². The lowest BCUT2D eigenvalue weighted by Gasteiger charge is -2.27. The molecule has 1 aliphatic rings. The summed E-state index contributed by atoms with van der Waals surface area (Å²) >= 11 is 5.22. The van der Waals surface area contributed by atoms with Crippen molar-refractivity contribution in [1.82, 2.24) is 5.32 Å². The number of benzene rings is 2. The van der Waals surface area contributed by atoms with E-state index in [9.17, 15) is 8.78 Å². The summed E-state index contributed by atoms with van der Waals surface area (Å²) in [5.41, 5.74) is 0.658. The zero-order chi connectivity index (χ0) is 17.6. The lowest BCUT2D eigenvalue weighted by Crippen LogP contribution is -2.42. The first-order valence-electron chi connectivity index (χ1n) is 7.58. The Balaban J connectivity index is 1.45. The van der Waals surface area contributed by atoms with Gasteiger partial charge in [-0.1, -0.05) is 12.1 Å². The van der Waals surface area contributed by atoms with Crippen molar-refractivity contribution >= 4 is 23.0 Å². The molecule has 0 amide bonds. The fraction of sp³-hybridized carbons (Fsp3) is 0.235. The molecule has 3 rings (SSSR count). The van der Waals surface area contributed by atoms with Gasteiger partial charge in [-0.25, -0.2) is 0 Å². The van der Waals surface area contributed by atoms with Gasteiger partial charge in [0.25, 0.3) is 0 Å². The van der Waals surface area contributed by atoms with E-state index in [0.717, 1.165) is 5.75 Å². The number of ether oxygens (including phenoxy) is 3. The summed E-state index contributed by atoms with van der Waals surface area (Å²) < 4.78 is 40.0. The molecule has 0 saturated carbocycles. The summed E-state index contributed by atoms with van der Waals surface area (Å²) in [7, 11) is 0. The molecule has 8 heteroatoms. The maximum absolute atomic E-state index is 12.1. The molecule has 0 aliphatic carbocycles. The predicted molar refractivity (Wildman–Crippen MR) is 93.7 cm³/mol. The number of rotatable bonds is 5. The number of alkyl halides is 2. The van der Waals surface area contributed by atoms with E-state index in [1.807, 2.05) is 24.3 Å². The Bertz CT molecular complexity index is 728. The van der Waals surface area contributed by atoms with E-state index in [2.05, 4.69) is 15.4 Å². The largest absolute Gasteiger partial charge is 0.486 e. The molecule has 0 aromatic heterocycles. The molecule has 2 N–H and O–H groups in total. The fourth-order valence-corrected chi connectivity index (χ4v) is 2.47. The molecule has 0 fully saturated rings. The Kier molecular flexibility index (Phi) is 5.49. The van der Waals surface area contributed by atoms with Crippen molar-refractivity contribution in [1.29, 1.82) is 0 Å². The third-order valence-electron chi connectivity index (χ3n) is 3.40. The molecule has 0 unspecified atom stereocenters. The van der Waals surface area contributed by atoms with Crippen LogP contribution in [-0.4, -0.2) is 31.0 Å². The van der Waals surface area contributed by atoms with Crippen LogP contribution in [0.15, 0.2) is 48.5 Å². The first kappa shape index (κ1) is 17.2. The van der Waals surface area contributed by atoms with Crippen LogP contribution in [0.4, 0.5) is 14.5 Å². The van der Waals surface area contributed by atoms with Gasteiger partial charge in [0.2, 0.25) is 0 Å². The standard InChI is InChI=1S/C17H16F2N2O3S/c18-16(19)24-12-7-5-11(6-8-12)21-17(25)20-9-13-10-22-14-3-1-2-4-15(14)23-13/h1-8,13,16H,9-10H2,(H2,20,21,25)/t13-/m0/s1. The van der Waals surface area contributed by atoms with Crippen molar-refractivity contribution in [2.24, 2.45) is 0 Å². The molecule has 2 aromatic rings. The summed E-state index contributed by atoms with van der Waals surface area (Å²) in [5, 5.41) is 6.40. The summed E-state index contributed by atoms with van der Waals surface area (Å²) in [4.78, 5) is 0. The molecule has 25 heavy (non-hydrogen) atoms. The number of nitrogens with one attached hydrogen (secondary N) is 2. The lowest BCUT2D eigenvalue weighted by molar-refractivity contribution is -0.0498. The second-order valence-corrected chi connectivity index (χ2v) is 5.64. The first-order chi connectivity index (χ1) is 12.1. The quantitative estimate of drug-likeness (QED) is 0.791. The molecule has 5 nitrogen and oxygen atoms in total. The average molecular weight is 366 g/mol. The van der Waals surface area contributed by atoms with Gasteiger partial charge >= 0.3 is 6.61 Å². The zero-order valence-electron chi connectivity index (χ0n) is 13.1. The zero-order valence-corrected chi connectivity index (χ0v) is 13.9. The van der Waals surface area contributed by atoms with Gasteiger partial charge in [0.15, 0.2) is 16.6 Å². The second-order valence-electron chi connectivity index (χ2n) is 5.24. The Morgan fingerprint density at radius 3 is 2.60 bits per heavy atom. The smallest absolute Gasteiger partial charge is 0.387 e. The third-order valence-corrected chi connectivity index (χ3v) is 3.64. The Morgan fingerprint density at radius 1 is 1.16 bits per heavy atom. The molecule has 1 atom stereocenters. The molecule has 2 aromatic carbocycles. The van der Waals surface area contributed by atoms with Crippen molar-refractivity contribution in [2.45, 2.75) is 12.7 Å². The number of hydrogen-bond acceptors (Lipinski definition) is 4. The number of fused-ring (bicyclic) bond motifs is 1. The maximum Gasteiger partial charge on any atom is 0.387 e. The number of hydrogen-bond donors (Lipinski definition) is 2. The van der Waals surface area contributed by atoms with Crippen LogP contribution in [0.3, 0.4) is 0 Å². The number of anilines is 1. The van der Waals surface area contributed by atoms with Gasteiger partial charge in [-0.15, -0.1) is 0 Å². The van der Waals surface area contributed by atoms with E-state index in [-0.39, 0.29) is 11.9 Å². The van der Waals surface area contributed by atoms with E-state index in [1.165, 1.54) is 12.1 Å². The summed E-state index contributed by atoms with van der Waals surface area (Å²) in [6, 6.07) is 13.5. The number of para-hydroxylation sites is 2. The first-order valence-corrected chi connectivity index (χ1v) is 7.99. The van der Waals surface area contributed by atoms with Crippen LogP contribution in [0.25, 0.3) is 0 Å². The van der Waals surface area contributed by atoms with E-state index in [4.69, 9.17) is 21.7 Å². The number of thiocarbonyl (C=S) groups is 1. The van der Waals surface area contributed by atoms with Crippen molar-refractivity contribution in [3.8, 4) is 17.2 Å². The highest BCUT2D eigenvalue weighted by atomic mass is 32.1. The minimum atomic E-state index is -2.84. The molecule has 1 aliphatic heterocycles. The van der Waals surface area contributed by atoms with Gasteiger partial charge < -0.3 is 24.8 Å². The molecule has 0 radical (unpaired) electrons. The lowest BCUT2D eigenvalue weighted by atomic mass is 10.2. The Hall–Kier alpha value is -2.61. The highest BCUT2D eigenvalue weighted by Gasteiger charge is 2.20. The van der Waals surface area contributed by atoms with Gasteiger partial charge in [-0.2, -0.15) is 8.78 Å². The van der Waals surface area contributed by atoms with Gasteiger partial charge in [0.1, 0.15) is 18.5 Å². The molecule has 0 spiro atoms. The molecule has 0 saturated heterocycles. The monoisotopic (exact) mass is 366 g/mol. The van der Waals surface area contributed by atoms with E-state index in [0.29, 0.717) is 29.7 Å². The van der Waals surface area contributed by atoms with Gasteiger partial charge in [-0.3, -0.25) is 0 Å². The van der Waals surface area contributed by atoms with Crippen molar-refractivity contribution in [2.75, 3.05) is 18.5 Å². The van der Waals surface area contributed by atoms with Crippen LogP contribution in [0.5, 0.6) is 17.2 Å². The molecular formula is C17H16F2N2O3S. The summed E-state index contributed by atoms with van der Waals surface area (Å²) in [6.07, 6.45) is -0.170. The summed E-state index contributed by atoms with van der Waals surface area (Å²) in [6.45, 7) is -1.96. The van der Waals surface area contributed by atoms with Crippen LogP contribution >= 0.6 is 12.2 Å². The number of halogens is 2. The van der Waals surface area contributed by atoms with Crippen LogP contribution in [-0.2, 0) is 0 Å². The predicted octanol–water partition coefficient (Wildman–Crippen LogP) is 3.41. The third kappa shape index (κ3) is 4.93. The molecule has 0 bridgehead atoms. The summed E-state index contributed by atoms with van der Waals surface area (Å²) in [5.74, 6) is 1.52. The average Bonchev–Trinajstić information content (AvgIpc) is 2.61. The Morgan fingerprint density at radius 2 is 1.88 bits per heavy atom. The van der Waals surface area contributed by atoms with Gasteiger partial charge in [-0.05, 0) is 48.6 Å². The van der Waals surface area contributed by atoms with Crippen molar-refractivity contribution < 1.29 is 23.0 Å². The van der Waals surface area contributed by atoms with Crippen LogP contribution in [0, 0.1) is 0 Å². The van der Waals surface area contributed by atoms with Gasteiger partial charge in [0.05, 0.1) is 6.54 Å². The van der Waals surface area contributed by atoms with Gasteiger partial charge in [0, 0.05) is 5.69 Å². The molecule has 1 heterocycles. The Labute approximate surface area is 148 Å². The SMILES string of the molecule is FC(F)Oc1ccc(NC(=S)NC[C@H]2COc3ccccc3O2)cc1. The second kappa shape index (κ2) is 7.98. The normalized spacial score (nSPS) is 15.6. The minimum absolute atomic E-state index is 0.0887. The topological polar surface area (TPSA) is 51.8 Å². The van der Waals surface area contributed by atoms with E-state index >= 15 is 0 Å². The van der Waals surface area contributed by atoms with Crippen LogP contribution < -0.4 is 24.8 Å². The highest BCUT2D eigenvalue weighted by molar-refractivity contribution is 7.80. The fourth-order valence-electron chi connectivity index (χ4n) is 2.27. The van der Waals surface area contributed by atoms with E-state index < -0.39 is 6.61 Å². The maximum atomic E-state index is 12.1. The van der Waals surface area contributed by atoms with Crippen LogP contribution in [0.2, 0.25) is 0 Å². The van der Waals surface area contributed by atoms with Crippen molar-refractivity contribution in [3.05, 3.63) is 48.5 Å². The minimum Gasteiger partial charge on any atom is -0.486 e. The van der Waals surface area contributed by atoms with Crippen molar-refractivity contribution in [3.63, 3.8) is 0 Å². The highest BCUT2D eigenvalue weighted by Crippen LogP contribution is 2.30. The van der Waals surface area contributed by atoms with E-state index in [1.54, 1.807) is 12.1 Å².